The lowest BCUT2D eigenvalue weighted by atomic mass is 9.84. The molecule has 1 aliphatic heterocycles. The van der Waals surface area contributed by atoms with Gasteiger partial charge in [-0.25, -0.2) is 4.79 Å². The third kappa shape index (κ3) is 3.60. The summed E-state index contributed by atoms with van der Waals surface area (Å²) in [6.45, 7) is 5.82. The fourth-order valence-corrected chi connectivity index (χ4v) is 3.85. The second-order valence-corrected chi connectivity index (χ2v) is 7.19. The molecular weight excluding hydrogens is 372 g/mol. The number of hydrogen-bond donors (Lipinski definition) is 0. The average molecular weight is 394 g/mol. The largest absolute Gasteiger partial charge is 0.488 e. The van der Waals surface area contributed by atoms with Crippen LogP contribution in [-0.4, -0.2) is 19.2 Å². The minimum Gasteiger partial charge on any atom is -0.488 e. The molecule has 0 N–H and O–H groups in total. The number of hydrogen-bond acceptors (Lipinski definition) is 3. The molecule has 0 unspecified atom stereocenters. The van der Waals surface area contributed by atoms with E-state index >= 15 is 0 Å². The number of ether oxygens (including phenoxy) is 2. The van der Waals surface area contributed by atoms with Gasteiger partial charge in [-0.1, -0.05) is 85.1 Å². The van der Waals surface area contributed by atoms with Gasteiger partial charge in [0.2, 0.25) is 0 Å². The highest BCUT2D eigenvalue weighted by Gasteiger charge is 2.39. The van der Waals surface area contributed by atoms with Crippen molar-refractivity contribution in [1.82, 2.24) is 0 Å². The third-order valence-electron chi connectivity index (χ3n) is 5.37. The van der Waals surface area contributed by atoms with Gasteiger partial charge in [-0.05, 0) is 29.3 Å². The second-order valence-electron chi connectivity index (χ2n) is 7.19. The molecule has 0 amide bonds. The predicted molar refractivity (Wildman–Crippen MR) is 119 cm³/mol. The summed E-state index contributed by atoms with van der Waals surface area (Å²) in [6, 6.07) is 24.2. The monoisotopic (exact) mass is 394 g/mol. The van der Waals surface area contributed by atoms with Gasteiger partial charge in [0.25, 0.3) is 0 Å². The number of allylic oxidation sites excluding steroid dienone is 1. The van der Waals surface area contributed by atoms with Crippen molar-refractivity contribution in [2.24, 2.45) is 0 Å². The normalized spacial score (nSPS) is 17.8. The Kier molecular flexibility index (Phi) is 5.41. The molecule has 0 bridgehead atoms. The molecule has 4 rings (SSSR count). The standard InChI is InChI=1S/C27H22O3/c1-18(27(28)29-3)26-25(22-11-5-4-6-12-22)23(19(2)30-26)17-16-21-14-9-13-20-10-7-8-15-24(20)21/h4-15,25-26H,1H2,2-3H3/t25-,26+/m0/s1. The van der Waals surface area contributed by atoms with E-state index in [9.17, 15) is 4.79 Å². The highest BCUT2D eigenvalue weighted by molar-refractivity contribution is 5.90. The Bertz CT molecular complexity index is 1200. The van der Waals surface area contributed by atoms with E-state index in [4.69, 9.17) is 9.47 Å². The molecular formula is C27H22O3. The molecule has 1 aliphatic rings. The first kappa shape index (κ1) is 19.5. The first-order valence-electron chi connectivity index (χ1n) is 9.79. The van der Waals surface area contributed by atoms with Gasteiger partial charge in [0.1, 0.15) is 11.9 Å². The van der Waals surface area contributed by atoms with Gasteiger partial charge in [0.05, 0.1) is 24.2 Å². The molecule has 148 valence electrons. The first-order valence-corrected chi connectivity index (χ1v) is 9.79. The smallest absolute Gasteiger partial charge is 0.336 e. The molecule has 0 spiro atoms. The van der Waals surface area contributed by atoms with Gasteiger partial charge in [-0.3, -0.25) is 0 Å². The van der Waals surface area contributed by atoms with Gasteiger partial charge in [0, 0.05) is 5.56 Å². The van der Waals surface area contributed by atoms with Gasteiger partial charge >= 0.3 is 5.97 Å². The number of methoxy groups -OCH3 is 1. The van der Waals surface area contributed by atoms with Crippen LogP contribution in [0.4, 0.5) is 0 Å². The van der Waals surface area contributed by atoms with Crippen LogP contribution in [0.5, 0.6) is 0 Å². The van der Waals surface area contributed by atoms with E-state index in [0.29, 0.717) is 5.76 Å². The van der Waals surface area contributed by atoms with Gasteiger partial charge < -0.3 is 9.47 Å². The lowest BCUT2D eigenvalue weighted by molar-refractivity contribution is -0.137. The summed E-state index contributed by atoms with van der Waals surface area (Å²) in [4.78, 5) is 12.2. The van der Waals surface area contributed by atoms with Crippen LogP contribution in [0.3, 0.4) is 0 Å². The Balaban J connectivity index is 1.78. The Morgan fingerprint density at radius 3 is 2.43 bits per heavy atom. The van der Waals surface area contributed by atoms with E-state index in [2.05, 4.69) is 36.6 Å². The summed E-state index contributed by atoms with van der Waals surface area (Å²) in [7, 11) is 1.35. The Morgan fingerprint density at radius 1 is 0.967 bits per heavy atom. The highest BCUT2D eigenvalue weighted by Crippen LogP contribution is 2.41. The molecule has 3 aromatic carbocycles. The van der Waals surface area contributed by atoms with Crippen LogP contribution < -0.4 is 0 Å². The van der Waals surface area contributed by atoms with Crippen molar-refractivity contribution >= 4 is 16.7 Å². The fourth-order valence-electron chi connectivity index (χ4n) is 3.85. The molecule has 1 heterocycles. The average Bonchev–Trinajstić information content (AvgIpc) is 3.13. The molecule has 0 aromatic heterocycles. The second kappa shape index (κ2) is 8.31. The molecule has 3 nitrogen and oxygen atoms in total. The topological polar surface area (TPSA) is 35.5 Å². The van der Waals surface area contributed by atoms with E-state index in [1.54, 1.807) is 0 Å². The van der Waals surface area contributed by atoms with Crippen LogP contribution in [-0.2, 0) is 14.3 Å². The minimum atomic E-state index is -0.545. The summed E-state index contributed by atoms with van der Waals surface area (Å²) in [6.07, 6.45) is -0.545. The van der Waals surface area contributed by atoms with E-state index < -0.39 is 12.1 Å². The number of benzene rings is 3. The van der Waals surface area contributed by atoms with Crippen LogP contribution >= 0.6 is 0 Å². The predicted octanol–water partition coefficient (Wildman–Crippen LogP) is 5.38. The number of rotatable bonds is 3. The quantitative estimate of drug-likeness (QED) is 0.340. The lowest BCUT2D eigenvalue weighted by Crippen LogP contribution is -2.24. The van der Waals surface area contributed by atoms with Crippen molar-refractivity contribution in [2.75, 3.05) is 7.11 Å². The SMILES string of the molecule is C=C(C(=O)OC)[C@H]1OC(C)=C(C#Cc2cccc3ccccc23)[C@@H]1c1ccccc1. The van der Waals surface area contributed by atoms with Crippen molar-refractivity contribution in [1.29, 1.82) is 0 Å². The summed E-state index contributed by atoms with van der Waals surface area (Å²) in [5.41, 5.74) is 3.11. The van der Waals surface area contributed by atoms with Crippen molar-refractivity contribution in [2.45, 2.75) is 18.9 Å². The fraction of sp³-hybridized carbons (Fsp3) is 0.148. The number of carbonyl (C=O) groups excluding carboxylic acids is 1. The van der Waals surface area contributed by atoms with Crippen molar-refractivity contribution in [3.8, 4) is 11.8 Å². The molecule has 3 heteroatoms. The molecule has 3 aromatic rings. The molecule has 0 fully saturated rings. The van der Waals surface area contributed by atoms with E-state index in [0.717, 1.165) is 27.5 Å². The third-order valence-corrected chi connectivity index (χ3v) is 5.37. The molecule has 0 saturated carbocycles. The summed E-state index contributed by atoms with van der Waals surface area (Å²) in [5.74, 6) is 6.67. The number of fused-ring (bicyclic) bond motifs is 1. The number of carbonyl (C=O) groups is 1. The molecule has 0 aliphatic carbocycles. The minimum absolute atomic E-state index is 0.222. The zero-order valence-electron chi connectivity index (χ0n) is 17.0. The molecule has 0 radical (unpaired) electrons. The highest BCUT2D eigenvalue weighted by atomic mass is 16.5. The maximum atomic E-state index is 12.2. The van der Waals surface area contributed by atoms with Gasteiger partial charge in [-0.2, -0.15) is 0 Å². The Morgan fingerprint density at radius 2 is 1.67 bits per heavy atom. The Hall–Kier alpha value is -3.77. The van der Waals surface area contributed by atoms with E-state index in [1.807, 2.05) is 61.5 Å². The van der Waals surface area contributed by atoms with Crippen LogP contribution in [0, 0.1) is 11.8 Å². The first-order chi connectivity index (χ1) is 14.6. The van der Waals surface area contributed by atoms with E-state index in [-0.39, 0.29) is 11.5 Å². The molecule has 30 heavy (non-hydrogen) atoms. The van der Waals surface area contributed by atoms with Crippen molar-refractivity contribution in [3.05, 3.63) is 107 Å². The van der Waals surface area contributed by atoms with E-state index in [1.165, 1.54) is 7.11 Å². The molecule has 0 saturated heterocycles. The molecule has 2 atom stereocenters. The summed E-state index contributed by atoms with van der Waals surface area (Å²) >= 11 is 0. The lowest BCUT2D eigenvalue weighted by Gasteiger charge is -2.21. The van der Waals surface area contributed by atoms with Crippen LogP contribution in [0.15, 0.2) is 96.3 Å². The van der Waals surface area contributed by atoms with Crippen molar-refractivity contribution in [3.63, 3.8) is 0 Å². The van der Waals surface area contributed by atoms with Crippen molar-refractivity contribution < 1.29 is 14.3 Å². The van der Waals surface area contributed by atoms with Gasteiger partial charge in [0.15, 0.2) is 0 Å². The Labute approximate surface area is 176 Å². The summed E-state index contributed by atoms with van der Waals surface area (Å²) in [5, 5.41) is 2.26. The maximum Gasteiger partial charge on any atom is 0.336 e. The van der Waals surface area contributed by atoms with Crippen LogP contribution in [0.25, 0.3) is 10.8 Å². The van der Waals surface area contributed by atoms with Crippen LogP contribution in [0.1, 0.15) is 24.0 Å². The number of esters is 1. The maximum absolute atomic E-state index is 12.2. The zero-order chi connectivity index (χ0) is 21.1. The summed E-state index contributed by atoms with van der Waals surface area (Å²) < 4.78 is 11.0. The van der Waals surface area contributed by atoms with Gasteiger partial charge in [-0.15, -0.1) is 0 Å². The van der Waals surface area contributed by atoms with Crippen LogP contribution in [0.2, 0.25) is 0 Å². The zero-order valence-corrected chi connectivity index (χ0v) is 17.0.